The topological polar surface area (TPSA) is 85.4 Å². The normalized spacial score (nSPS) is 16.6. The van der Waals surface area contributed by atoms with E-state index in [1.54, 1.807) is 13.4 Å². The van der Waals surface area contributed by atoms with Crippen molar-refractivity contribution in [2.75, 3.05) is 38.8 Å². The van der Waals surface area contributed by atoms with Gasteiger partial charge in [-0.3, -0.25) is 4.79 Å². The van der Waals surface area contributed by atoms with Crippen LogP contribution in [0.5, 0.6) is 0 Å². The summed E-state index contributed by atoms with van der Waals surface area (Å²) < 4.78 is 10.8. The molecule has 1 aromatic carbocycles. The lowest BCUT2D eigenvalue weighted by Gasteiger charge is -2.38. The molecular formula is C24H30N4O3S. The summed E-state index contributed by atoms with van der Waals surface area (Å²) in [7, 11) is 1.63. The number of thiophene rings is 1. The summed E-state index contributed by atoms with van der Waals surface area (Å²) in [6, 6.07) is 10.6. The van der Waals surface area contributed by atoms with Gasteiger partial charge in [-0.05, 0) is 37.8 Å². The van der Waals surface area contributed by atoms with Crippen LogP contribution in [0.1, 0.15) is 40.6 Å². The van der Waals surface area contributed by atoms with Crippen molar-refractivity contribution >= 4 is 33.3 Å². The van der Waals surface area contributed by atoms with Gasteiger partial charge in [0.2, 0.25) is 0 Å². The highest BCUT2D eigenvalue weighted by Crippen LogP contribution is 2.37. The number of carbonyl (C=O) groups is 1. The molecule has 8 heteroatoms. The van der Waals surface area contributed by atoms with Crippen molar-refractivity contribution < 1.29 is 14.3 Å². The fraction of sp³-hybridized carbons (Fsp3) is 0.458. The fourth-order valence-corrected chi connectivity index (χ4v) is 5.43. The van der Waals surface area contributed by atoms with Crippen molar-refractivity contribution in [3.63, 3.8) is 0 Å². The Hall–Kier alpha value is -2.55. The van der Waals surface area contributed by atoms with Gasteiger partial charge in [-0.1, -0.05) is 30.3 Å². The molecule has 1 aliphatic heterocycles. The number of aromatic nitrogens is 2. The van der Waals surface area contributed by atoms with Gasteiger partial charge in [-0.25, -0.2) is 9.97 Å². The molecule has 3 aromatic rings. The van der Waals surface area contributed by atoms with E-state index in [0.29, 0.717) is 11.5 Å². The molecule has 32 heavy (non-hydrogen) atoms. The molecule has 0 saturated carbocycles. The molecule has 7 nitrogen and oxygen atoms in total. The second-order valence-corrected chi connectivity index (χ2v) is 9.40. The van der Waals surface area contributed by atoms with Gasteiger partial charge in [0, 0.05) is 38.3 Å². The Morgan fingerprint density at radius 2 is 2.00 bits per heavy atom. The Labute approximate surface area is 192 Å². The molecule has 1 atom stereocenters. The van der Waals surface area contributed by atoms with Gasteiger partial charge in [0.25, 0.3) is 5.91 Å². The van der Waals surface area contributed by atoms with Crippen molar-refractivity contribution in [2.45, 2.75) is 38.1 Å². The monoisotopic (exact) mass is 454 g/mol. The zero-order valence-corrected chi connectivity index (χ0v) is 19.6. The largest absolute Gasteiger partial charge is 0.383 e. The van der Waals surface area contributed by atoms with Crippen molar-refractivity contribution in [3.05, 3.63) is 52.7 Å². The Bertz CT molecular complexity index is 1060. The van der Waals surface area contributed by atoms with Gasteiger partial charge in [-0.2, -0.15) is 0 Å². The van der Waals surface area contributed by atoms with Gasteiger partial charge >= 0.3 is 0 Å². The summed E-state index contributed by atoms with van der Waals surface area (Å²) in [6.45, 7) is 6.59. The predicted octanol–water partition coefficient (Wildman–Crippen LogP) is 3.92. The molecule has 2 N–H and O–H groups in total. The minimum absolute atomic E-state index is 0.0174. The number of aryl methyl sites for hydroxylation is 1. The maximum atomic E-state index is 12.8. The number of hydrogen-bond donors (Lipinski definition) is 2. The average molecular weight is 455 g/mol. The van der Waals surface area contributed by atoms with E-state index in [4.69, 9.17) is 9.47 Å². The number of ether oxygens (including phenoxy) is 2. The smallest absolute Gasteiger partial charge is 0.262 e. The lowest BCUT2D eigenvalue weighted by Crippen LogP contribution is -2.40. The lowest BCUT2D eigenvalue weighted by atomic mass is 9.74. The van der Waals surface area contributed by atoms with Crippen LogP contribution in [0.15, 0.2) is 36.7 Å². The van der Waals surface area contributed by atoms with Gasteiger partial charge in [0.1, 0.15) is 17.0 Å². The minimum Gasteiger partial charge on any atom is -0.383 e. The molecule has 1 saturated heterocycles. The standard InChI is InChI=1S/C24H30N4O3S/c1-16(13-30-3)28-22(29)20-17(2)19-21(26-15-27-23(19)32-20)25-14-24(9-11-31-12-10-24)18-7-5-4-6-8-18/h4-8,15-16H,9-14H2,1-3H3,(H,28,29)(H,25,26,27). The summed E-state index contributed by atoms with van der Waals surface area (Å²) >= 11 is 1.40. The third kappa shape index (κ3) is 4.62. The number of rotatable bonds is 8. The quantitative estimate of drug-likeness (QED) is 0.537. The highest BCUT2D eigenvalue weighted by atomic mass is 32.1. The highest BCUT2D eigenvalue weighted by Gasteiger charge is 2.34. The van der Waals surface area contributed by atoms with Gasteiger partial charge in [0.15, 0.2) is 0 Å². The van der Waals surface area contributed by atoms with E-state index in [-0.39, 0.29) is 17.4 Å². The second kappa shape index (κ2) is 9.94. The third-order valence-electron chi connectivity index (χ3n) is 6.16. The molecule has 4 rings (SSSR count). The van der Waals surface area contributed by atoms with E-state index in [2.05, 4.69) is 44.9 Å². The maximum Gasteiger partial charge on any atom is 0.262 e. The van der Waals surface area contributed by atoms with E-state index < -0.39 is 0 Å². The number of amides is 1. The van der Waals surface area contributed by atoms with Crippen LogP contribution < -0.4 is 10.6 Å². The number of hydrogen-bond acceptors (Lipinski definition) is 7. The number of methoxy groups -OCH3 is 1. The third-order valence-corrected chi connectivity index (χ3v) is 7.36. The van der Waals surface area contributed by atoms with E-state index >= 15 is 0 Å². The van der Waals surface area contributed by atoms with Crippen molar-refractivity contribution in [3.8, 4) is 0 Å². The lowest BCUT2D eigenvalue weighted by molar-refractivity contribution is 0.0544. The molecule has 1 amide bonds. The predicted molar refractivity (Wildman–Crippen MR) is 128 cm³/mol. The maximum absolute atomic E-state index is 12.8. The molecule has 1 fully saturated rings. The van der Waals surface area contributed by atoms with Crippen LogP contribution in [-0.2, 0) is 14.9 Å². The van der Waals surface area contributed by atoms with E-state index in [9.17, 15) is 4.79 Å². The number of nitrogens with one attached hydrogen (secondary N) is 2. The van der Waals surface area contributed by atoms with Crippen LogP contribution in [0.3, 0.4) is 0 Å². The van der Waals surface area contributed by atoms with Gasteiger partial charge in [0.05, 0.1) is 16.9 Å². The first kappa shape index (κ1) is 22.6. The van der Waals surface area contributed by atoms with Crippen LogP contribution >= 0.6 is 11.3 Å². The minimum atomic E-state index is -0.105. The second-order valence-electron chi connectivity index (χ2n) is 8.40. The molecule has 1 unspecified atom stereocenters. The van der Waals surface area contributed by atoms with Crippen LogP contribution in [0.2, 0.25) is 0 Å². The number of carbonyl (C=O) groups excluding carboxylic acids is 1. The first-order valence-corrected chi connectivity index (χ1v) is 11.8. The summed E-state index contributed by atoms with van der Waals surface area (Å²) in [4.78, 5) is 23.3. The summed E-state index contributed by atoms with van der Waals surface area (Å²) in [6.07, 6.45) is 3.47. The fourth-order valence-electron chi connectivity index (χ4n) is 4.38. The van der Waals surface area contributed by atoms with Crippen molar-refractivity contribution in [1.29, 1.82) is 0 Å². The average Bonchev–Trinajstić information content (AvgIpc) is 3.16. The van der Waals surface area contributed by atoms with Gasteiger partial charge < -0.3 is 20.1 Å². The van der Waals surface area contributed by atoms with Crippen LogP contribution in [0.4, 0.5) is 5.82 Å². The van der Waals surface area contributed by atoms with Crippen LogP contribution in [-0.4, -0.2) is 55.4 Å². The molecule has 0 bridgehead atoms. The number of nitrogens with zero attached hydrogens (tertiary/aromatic N) is 2. The van der Waals surface area contributed by atoms with Crippen LogP contribution in [0, 0.1) is 6.92 Å². The molecule has 0 radical (unpaired) electrons. The number of anilines is 1. The number of benzene rings is 1. The molecule has 2 aromatic heterocycles. The summed E-state index contributed by atoms with van der Waals surface area (Å²) in [5.74, 6) is 0.667. The van der Waals surface area contributed by atoms with Crippen molar-refractivity contribution in [1.82, 2.24) is 15.3 Å². The van der Waals surface area contributed by atoms with E-state index in [0.717, 1.165) is 54.2 Å². The Kier molecular flexibility index (Phi) is 7.03. The van der Waals surface area contributed by atoms with E-state index in [1.807, 2.05) is 19.9 Å². The Morgan fingerprint density at radius 3 is 2.72 bits per heavy atom. The van der Waals surface area contributed by atoms with E-state index in [1.165, 1.54) is 16.9 Å². The molecule has 0 aliphatic carbocycles. The van der Waals surface area contributed by atoms with Crippen molar-refractivity contribution in [2.24, 2.45) is 0 Å². The zero-order chi connectivity index (χ0) is 22.6. The summed E-state index contributed by atoms with van der Waals surface area (Å²) in [5, 5.41) is 7.51. The molecule has 0 spiro atoms. The summed E-state index contributed by atoms with van der Waals surface area (Å²) in [5.41, 5.74) is 2.20. The molecule has 3 heterocycles. The first-order valence-electron chi connectivity index (χ1n) is 10.9. The number of fused-ring (bicyclic) bond motifs is 1. The van der Waals surface area contributed by atoms with Gasteiger partial charge in [-0.15, -0.1) is 11.3 Å². The first-order chi connectivity index (χ1) is 15.5. The molecule has 170 valence electrons. The van der Waals surface area contributed by atoms with Crippen LogP contribution in [0.25, 0.3) is 10.2 Å². The Morgan fingerprint density at radius 1 is 1.25 bits per heavy atom. The molecular weight excluding hydrogens is 424 g/mol. The highest BCUT2D eigenvalue weighted by molar-refractivity contribution is 7.20. The molecule has 1 aliphatic rings. The Balaban J connectivity index is 1.60. The SMILES string of the molecule is COCC(C)NC(=O)c1sc2ncnc(NCC3(c4ccccc4)CCOCC3)c2c1C. The zero-order valence-electron chi connectivity index (χ0n) is 18.8.